The number of methoxy groups -OCH3 is 1. The van der Waals surface area contributed by atoms with Crippen LogP contribution < -0.4 is 10.1 Å². The Hall–Kier alpha value is -1.10. The fourth-order valence-corrected chi connectivity index (χ4v) is 2.51. The highest BCUT2D eigenvalue weighted by molar-refractivity contribution is 5.38. The number of benzene rings is 1. The van der Waals surface area contributed by atoms with E-state index in [0.717, 1.165) is 37.3 Å². The summed E-state index contributed by atoms with van der Waals surface area (Å²) in [4.78, 5) is 0. The van der Waals surface area contributed by atoms with E-state index in [0.29, 0.717) is 19.3 Å². The molecule has 4 nitrogen and oxygen atoms in total. The summed E-state index contributed by atoms with van der Waals surface area (Å²) in [6.45, 7) is 7.48. The van der Waals surface area contributed by atoms with Crippen molar-refractivity contribution in [1.82, 2.24) is 5.32 Å². The average molecular weight is 293 g/mol. The first-order chi connectivity index (χ1) is 10.2. The molecule has 1 aromatic rings. The van der Waals surface area contributed by atoms with Crippen LogP contribution in [0.2, 0.25) is 0 Å². The van der Waals surface area contributed by atoms with Crippen molar-refractivity contribution in [2.45, 2.75) is 45.4 Å². The minimum Gasteiger partial charge on any atom is -0.496 e. The standard InChI is InChI=1S/C17H27NO3/c1-4-8-18-13(2)14-5-6-17(19-3)15(10-14)11-21-16-7-9-20-12-16/h5-6,10,13,16,18H,4,7-9,11-12H2,1-3H3. The maximum absolute atomic E-state index is 5.92. The molecular weight excluding hydrogens is 266 g/mol. The third-order valence-electron chi connectivity index (χ3n) is 3.87. The van der Waals surface area contributed by atoms with E-state index in [2.05, 4.69) is 31.3 Å². The Kier molecular flexibility index (Phi) is 6.49. The molecule has 2 rings (SSSR count). The topological polar surface area (TPSA) is 39.7 Å². The van der Waals surface area contributed by atoms with Gasteiger partial charge in [0.15, 0.2) is 0 Å². The molecule has 1 aromatic carbocycles. The van der Waals surface area contributed by atoms with Crippen molar-refractivity contribution in [1.29, 1.82) is 0 Å². The lowest BCUT2D eigenvalue weighted by Crippen LogP contribution is -2.19. The quantitative estimate of drug-likeness (QED) is 0.799. The smallest absolute Gasteiger partial charge is 0.124 e. The van der Waals surface area contributed by atoms with Crippen molar-refractivity contribution >= 4 is 0 Å². The molecule has 1 aliphatic heterocycles. The van der Waals surface area contributed by atoms with Crippen LogP contribution in [0.5, 0.6) is 5.75 Å². The van der Waals surface area contributed by atoms with Gasteiger partial charge in [0.1, 0.15) is 5.75 Å². The molecule has 0 spiro atoms. The Morgan fingerprint density at radius 2 is 2.29 bits per heavy atom. The fourth-order valence-electron chi connectivity index (χ4n) is 2.51. The molecule has 2 unspecified atom stereocenters. The van der Waals surface area contributed by atoms with Gasteiger partial charge in [0.05, 0.1) is 26.4 Å². The van der Waals surface area contributed by atoms with Gasteiger partial charge in [0, 0.05) is 18.2 Å². The maximum atomic E-state index is 5.92. The summed E-state index contributed by atoms with van der Waals surface area (Å²) in [5.41, 5.74) is 2.37. The zero-order valence-electron chi connectivity index (χ0n) is 13.4. The van der Waals surface area contributed by atoms with E-state index in [4.69, 9.17) is 14.2 Å². The Bertz CT molecular complexity index is 430. The van der Waals surface area contributed by atoms with Crippen molar-refractivity contribution in [3.05, 3.63) is 29.3 Å². The van der Waals surface area contributed by atoms with Crippen molar-refractivity contribution in [3.63, 3.8) is 0 Å². The monoisotopic (exact) mass is 293 g/mol. The second-order valence-electron chi connectivity index (χ2n) is 5.54. The number of hydrogen-bond acceptors (Lipinski definition) is 4. The molecule has 4 heteroatoms. The molecule has 118 valence electrons. The third-order valence-corrected chi connectivity index (χ3v) is 3.87. The van der Waals surface area contributed by atoms with Gasteiger partial charge in [0.2, 0.25) is 0 Å². The number of ether oxygens (including phenoxy) is 3. The van der Waals surface area contributed by atoms with Gasteiger partial charge >= 0.3 is 0 Å². The highest BCUT2D eigenvalue weighted by Gasteiger charge is 2.17. The van der Waals surface area contributed by atoms with E-state index in [-0.39, 0.29) is 6.10 Å². The minimum absolute atomic E-state index is 0.217. The predicted octanol–water partition coefficient (Wildman–Crippen LogP) is 3.06. The lowest BCUT2D eigenvalue weighted by Gasteiger charge is -2.17. The van der Waals surface area contributed by atoms with Gasteiger partial charge < -0.3 is 19.5 Å². The number of hydrogen-bond donors (Lipinski definition) is 1. The first kappa shape index (κ1) is 16.3. The summed E-state index contributed by atoms with van der Waals surface area (Å²) in [6, 6.07) is 6.67. The van der Waals surface area contributed by atoms with E-state index in [1.165, 1.54) is 5.56 Å². The normalized spacial score (nSPS) is 19.7. The molecule has 0 aliphatic carbocycles. The summed E-state index contributed by atoms with van der Waals surface area (Å²) in [7, 11) is 1.70. The highest BCUT2D eigenvalue weighted by Crippen LogP contribution is 2.25. The van der Waals surface area contributed by atoms with Gasteiger partial charge in [-0.05, 0) is 44.0 Å². The van der Waals surface area contributed by atoms with Crippen LogP contribution in [0.4, 0.5) is 0 Å². The first-order valence-corrected chi connectivity index (χ1v) is 7.84. The second kappa shape index (κ2) is 8.37. The molecular formula is C17H27NO3. The summed E-state index contributed by atoms with van der Waals surface area (Å²) in [5, 5.41) is 3.51. The molecule has 1 aliphatic rings. The highest BCUT2D eigenvalue weighted by atomic mass is 16.5. The number of nitrogens with one attached hydrogen (secondary N) is 1. The predicted molar refractivity (Wildman–Crippen MR) is 83.7 cm³/mol. The molecule has 1 heterocycles. The lowest BCUT2D eigenvalue weighted by atomic mass is 10.0. The first-order valence-electron chi connectivity index (χ1n) is 7.84. The van der Waals surface area contributed by atoms with E-state index >= 15 is 0 Å². The Labute approximate surface area is 127 Å². The van der Waals surface area contributed by atoms with Crippen molar-refractivity contribution in [3.8, 4) is 5.75 Å². The maximum Gasteiger partial charge on any atom is 0.124 e. The van der Waals surface area contributed by atoms with Crippen LogP contribution in [0.1, 0.15) is 43.9 Å². The van der Waals surface area contributed by atoms with Gasteiger partial charge in [-0.2, -0.15) is 0 Å². The molecule has 0 saturated carbocycles. The van der Waals surface area contributed by atoms with Gasteiger partial charge in [0.25, 0.3) is 0 Å². The van der Waals surface area contributed by atoms with Gasteiger partial charge in [-0.1, -0.05) is 13.0 Å². The average Bonchev–Trinajstić information content (AvgIpc) is 3.03. The van der Waals surface area contributed by atoms with Crippen LogP contribution in [0, 0.1) is 0 Å². The minimum atomic E-state index is 0.217. The fraction of sp³-hybridized carbons (Fsp3) is 0.647. The molecule has 0 radical (unpaired) electrons. The Morgan fingerprint density at radius 1 is 1.43 bits per heavy atom. The summed E-state index contributed by atoms with van der Waals surface area (Å²) in [5.74, 6) is 0.889. The van der Waals surface area contributed by atoms with Crippen LogP contribution in [0.25, 0.3) is 0 Å². The van der Waals surface area contributed by atoms with Gasteiger partial charge in [-0.25, -0.2) is 0 Å². The molecule has 0 aromatic heterocycles. The van der Waals surface area contributed by atoms with E-state index in [9.17, 15) is 0 Å². The second-order valence-corrected chi connectivity index (χ2v) is 5.54. The summed E-state index contributed by atoms with van der Waals surface area (Å²) in [6.07, 6.45) is 2.34. The lowest BCUT2D eigenvalue weighted by molar-refractivity contribution is 0.0308. The summed E-state index contributed by atoms with van der Waals surface area (Å²) < 4.78 is 16.7. The molecule has 1 N–H and O–H groups in total. The zero-order chi connectivity index (χ0) is 15.1. The SMILES string of the molecule is CCCNC(C)c1ccc(OC)c(COC2CCOC2)c1. The molecule has 1 fully saturated rings. The van der Waals surface area contributed by atoms with Crippen LogP contribution in [-0.4, -0.2) is 33.0 Å². The van der Waals surface area contributed by atoms with Gasteiger partial charge in [-0.15, -0.1) is 0 Å². The molecule has 2 atom stereocenters. The van der Waals surface area contributed by atoms with Gasteiger partial charge in [-0.3, -0.25) is 0 Å². The molecule has 1 saturated heterocycles. The van der Waals surface area contributed by atoms with Crippen LogP contribution in [0.15, 0.2) is 18.2 Å². The Balaban J connectivity index is 2.02. The van der Waals surface area contributed by atoms with E-state index in [1.807, 2.05) is 6.07 Å². The molecule has 21 heavy (non-hydrogen) atoms. The third kappa shape index (κ3) is 4.70. The van der Waals surface area contributed by atoms with Crippen molar-refractivity contribution in [2.75, 3.05) is 26.9 Å². The zero-order valence-corrected chi connectivity index (χ0v) is 13.4. The van der Waals surface area contributed by atoms with Crippen LogP contribution in [0.3, 0.4) is 0 Å². The van der Waals surface area contributed by atoms with E-state index < -0.39 is 0 Å². The molecule has 0 bridgehead atoms. The van der Waals surface area contributed by atoms with Crippen LogP contribution in [-0.2, 0) is 16.1 Å². The van der Waals surface area contributed by atoms with E-state index in [1.54, 1.807) is 7.11 Å². The molecule has 0 amide bonds. The van der Waals surface area contributed by atoms with Crippen LogP contribution >= 0.6 is 0 Å². The Morgan fingerprint density at radius 3 is 2.95 bits per heavy atom. The summed E-state index contributed by atoms with van der Waals surface area (Å²) >= 11 is 0. The number of rotatable bonds is 8. The van der Waals surface area contributed by atoms with Crippen molar-refractivity contribution in [2.24, 2.45) is 0 Å². The van der Waals surface area contributed by atoms with Crippen molar-refractivity contribution < 1.29 is 14.2 Å². The largest absolute Gasteiger partial charge is 0.496 e.